The van der Waals surface area contributed by atoms with E-state index in [1.165, 1.54) is 17.9 Å². The number of carbonyl (C=O) groups is 1. The molecule has 3 heterocycles. The summed E-state index contributed by atoms with van der Waals surface area (Å²) in [5.74, 6) is -4.41. The van der Waals surface area contributed by atoms with Gasteiger partial charge in [-0.15, -0.1) is 0 Å². The van der Waals surface area contributed by atoms with E-state index in [1.807, 2.05) is 13.0 Å². The van der Waals surface area contributed by atoms with Crippen molar-refractivity contribution in [2.24, 2.45) is 10.7 Å². The molecule has 0 unspecified atom stereocenters. The average Bonchev–Trinajstić information content (AvgIpc) is 3.18. The number of amides is 1. The van der Waals surface area contributed by atoms with Gasteiger partial charge in [-0.1, -0.05) is 0 Å². The molecule has 4 rings (SSSR count). The van der Waals surface area contributed by atoms with Crippen molar-refractivity contribution in [1.29, 1.82) is 0 Å². The largest absolute Gasteiger partial charge is 0.400 e. The third kappa shape index (κ3) is 3.51. The highest BCUT2D eigenvalue weighted by molar-refractivity contribution is 6.13. The lowest BCUT2D eigenvalue weighted by Crippen LogP contribution is -2.46. The molecule has 2 aromatic heterocycles. The first-order valence-corrected chi connectivity index (χ1v) is 9.95. The van der Waals surface area contributed by atoms with Crippen LogP contribution in [-0.2, 0) is 0 Å². The summed E-state index contributed by atoms with van der Waals surface area (Å²) in [6.45, 7) is 3.94. The Kier molecular flexibility index (Phi) is 5.45. The van der Waals surface area contributed by atoms with Crippen LogP contribution in [0.15, 0.2) is 46.9 Å². The van der Waals surface area contributed by atoms with Crippen molar-refractivity contribution in [3.05, 3.63) is 76.0 Å². The third-order valence-corrected chi connectivity index (χ3v) is 5.65. The van der Waals surface area contributed by atoms with Gasteiger partial charge in [0.05, 0.1) is 29.7 Å². The zero-order valence-electron chi connectivity index (χ0n) is 17.7. The van der Waals surface area contributed by atoms with E-state index >= 15 is 0 Å². The van der Waals surface area contributed by atoms with Gasteiger partial charge in [0.15, 0.2) is 17.5 Å². The maximum Gasteiger partial charge on any atom is 0.258 e. The van der Waals surface area contributed by atoms with Gasteiger partial charge in [0.2, 0.25) is 0 Å². The molecule has 1 amide bonds. The van der Waals surface area contributed by atoms with E-state index in [-0.39, 0.29) is 17.2 Å². The number of aromatic nitrogens is 3. The van der Waals surface area contributed by atoms with Gasteiger partial charge in [-0.3, -0.25) is 9.79 Å². The van der Waals surface area contributed by atoms with Crippen LogP contribution in [-0.4, -0.2) is 51.0 Å². The molecule has 0 saturated heterocycles. The molecule has 0 aliphatic carbocycles. The predicted molar refractivity (Wildman–Crippen MR) is 113 cm³/mol. The molecule has 1 aliphatic heterocycles. The Morgan fingerprint density at radius 3 is 2.47 bits per heavy atom. The number of rotatable bonds is 3. The summed E-state index contributed by atoms with van der Waals surface area (Å²) in [7, 11) is 1.46. The third-order valence-electron chi connectivity index (χ3n) is 5.65. The number of halogens is 3. The van der Waals surface area contributed by atoms with Crippen LogP contribution in [0.3, 0.4) is 0 Å². The SMILES string of the molecule is CN=C(C1=C(N)[C@H](C)N(C(=O)c2cnn3ncc(C)cc23)CC1)c1cc(F)c(F)c(F)c1. The van der Waals surface area contributed by atoms with E-state index in [4.69, 9.17) is 5.73 Å². The minimum absolute atomic E-state index is 0.0815. The second kappa shape index (κ2) is 8.10. The van der Waals surface area contributed by atoms with Crippen LogP contribution >= 0.6 is 0 Å². The number of hydrogen-bond donors (Lipinski definition) is 1. The summed E-state index contributed by atoms with van der Waals surface area (Å²) in [4.78, 5) is 19.0. The summed E-state index contributed by atoms with van der Waals surface area (Å²) in [5, 5.41) is 8.29. The van der Waals surface area contributed by atoms with E-state index in [9.17, 15) is 18.0 Å². The molecule has 0 bridgehead atoms. The maximum atomic E-state index is 13.8. The molecule has 0 fully saturated rings. The van der Waals surface area contributed by atoms with E-state index in [2.05, 4.69) is 15.2 Å². The summed E-state index contributed by atoms with van der Waals surface area (Å²) < 4.78 is 42.3. The number of hydrogen-bond acceptors (Lipinski definition) is 5. The molecule has 0 saturated carbocycles. The smallest absolute Gasteiger partial charge is 0.258 e. The highest BCUT2D eigenvalue weighted by Crippen LogP contribution is 2.28. The van der Waals surface area contributed by atoms with Crippen LogP contribution in [0.25, 0.3) is 5.52 Å². The Morgan fingerprint density at radius 1 is 1.16 bits per heavy atom. The fourth-order valence-corrected chi connectivity index (χ4v) is 3.95. The number of fused-ring (bicyclic) bond motifs is 1. The van der Waals surface area contributed by atoms with Crippen molar-refractivity contribution in [1.82, 2.24) is 19.7 Å². The minimum Gasteiger partial charge on any atom is -0.400 e. The number of aryl methyl sites for hydroxylation is 1. The summed E-state index contributed by atoms with van der Waals surface area (Å²) in [6, 6.07) is 3.09. The molecular formula is C22H21F3N6O. The molecule has 2 N–H and O–H groups in total. The van der Waals surface area contributed by atoms with Crippen LogP contribution in [0.1, 0.15) is 34.8 Å². The van der Waals surface area contributed by atoms with Crippen LogP contribution in [0.2, 0.25) is 0 Å². The average molecular weight is 442 g/mol. The van der Waals surface area contributed by atoms with Gasteiger partial charge >= 0.3 is 0 Å². The number of benzene rings is 1. The molecule has 10 heteroatoms. The van der Waals surface area contributed by atoms with Gasteiger partial charge in [0, 0.05) is 30.4 Å². The lowest BCUT2D eigenvalue weighted by Gasteiger charge is -2.35. The number of nitrogens with zero attached hydrogens (tertiary/aromatic N) is 5. The van der Waals surface area contributed by atoms with Gasteiger partial charge in [0.25, 0.3) is 5.91 Å². The van der Waals surface area contributed by atoms with Gasteiger partial charge in [-0.2, -0.15) is 14.8 Å². The van der Waals surface area contributed by atoms with Gasteiger partial charge in [0.1, 0.15) is 5.52 Å². The zero-order valence-corrected chi connectivity index (χ0v) is 17.7. The fourth-order valence-electron chi connectivity index (χ4n) is 3.95. The molecule has 1 atom stereocenters. The molecular weight excluding hydrogens is 421 g/mol. The van der Waals surface area contributed by atoms with Crippen molar-refractivity contribution in [3.8, 4) is 0 Å². The standard InChI is InChI=1S/C22H21F3N6O/c1-11-6-18-15(10-29-31(18)28-9-11)22(32)30-5-4-14(20(26)12(30)2)21(27-3)13-7-16(23)19(25)17(24)8-13/h6-10,12H,4-5,26H2,1-3H3/t12-/m0/s1. The van der Waals surface area contributed by atoms with Crippen LogP contribution in [0.5, 0.6) is 0 Å². The molecule has 3 aromatic rings. The monoisotopic (exact) mass is 442 g/mol. The van der Waals surface area contributed by atoms with Gasteiger partial charge < -0.3 is 10.6 Å². The second-order valence-electron chi connectivity index (χ2n) is 7.65. The fraction of sp³-hybridized carbons (Fsp3) is 0.273. The molecule has 7 nitrogen and oxygen atoms in total. The highest BCUT2D eigenvalue weighted by Gasteiger charge is 2.32. The van der Waals surface area contributed by atoms with E-state index in [0.717, 1.165) is 17.7 Å². The summed E-state index contributed by atoms with van der Waals surface area (Å²) in [5.41, 5.74) is 9.50. The molecule has 32 heavy (non-hydrogen) atoms. The molecule has 0 spiro atoms. The van der Waals surface area contributed by atoms with Crippen molar-refractivity contribution in [2.75, 3.05) is 13.6 Å². The Balaban J connectivity index is 1.68. The lowest BCUT2D eigenvalue weighted by atomic mass is 9.91. The molecule has 166 valence electrons. The maximum absolute atomic E-state index is 13.8. The number of carbonyl (C=O) groups excluding carboxylic acids is 1. The first-order valence-electron chi connectivity index (χ1n) is 9.95. The lowest BCUT2D eigenvalue weighted by molar-refractivity contribution is 0.0708. The normalized spacial score (nSPS) is 17.4. The Hall–Kier alpha value is -3.69. The first-order chi connectivity index (χ1) is 15.2. The van der Waals surface area contributed by atoms with E-state index < -0.39 is 23.5 Å². The number of aliphatic imine (C=N–C) groups is 1. The van der Waals surface area contributed by atoms with Crippen molar-refractivity contribution in [2.45, 2.75) is 26.3 Å². The highest BCUT2D eigenvalue weighted by atomic mass is 19.2. The molecule has 1 aliphatic rings. The second-order valence-corrected chi connectivity index (χ2v) is 7.65. The van der Waals surface area contributed by atoms with Crippen LogP contribution in [0.4, 0.5) is 13.2 Å². The van der Waals surface area contributed by atoms with Gasteiger partial charge in [-0.25, -0.2) is 13.2 Å². The summed E-state index contributed by atoms with van der Waals surface area (Å²) in [6.07, 6.45) is 3.43. The minimum atomic E-state index is -1.54. The Morgan fingerprint density at radius 2 is 1.81 bits per heavy atom. The van der Waals surface area contributed by atoms with Crippen molar-refractivity contribution >= 4 is 17.1 Å². The summed E-state index contributed by atoms with van der Waals surface area (Å²) >= 11 is 0. The first kappa shape index (κ1) is 21.5. The van der Waals surface area contributed by atoms with Crippen molar-refractivity contribution in [3.63, 3.8) is 0 Å². The van der Waals surface area contributed by atoms with Crippen LogP contribution in [0, 0.1) is 24.4 Å². The quantitative estimate of drug-likeness (QED) is 0.499. The molecule has 0 radical (unpaired) electrons. The predicted octanol–water partition coefficient (Wildman–Crippen LogP) is 3.02. The molecule has 1 aromatic carbocycles. The Bertz CT molecular complexity index is 1270. The topological polar surface area (TPSA) is 88.9 Å². The van der Waals surface area contributed by atoms with Crippen molar-refractivity contribution < 1.29 is 18.0 Å². The van der Waals surface area contributed by atoms with E-state index in [1.54, 1.807) is 18.0 Å². The number of nitrogens with two attached hydrogens (primary N) is 1. The zero-order chi connectivity index (χ0) is 23.2. The van der Waals surface area contributed by atoms with Crippen LogP contribution < -0.4 is 5.73 Å². The Labute approximate surface area is 182 Å². The van der Waals surface area contributed by atoms with Gasteiger partial charge in [-0.05, 0) is 44.0 Å². The van der Waals surface area contributed by atoms with E-state index in [0.29, 0.717) is 35.3 Å².